The van der Waals surface area contributed by atoms with Gasteiger partial charge in [0.25, 0.3) is 0 Å². The number of carbonyl (C=O) groups is 3. The van der Waals surface area contributed by atoms with Crippen molar-refractivity contribution in [2.45, 2.75) is 19.5 Å². The van der Waals surface area contributed by atoms with Crippen LogP contribution in [0.15, 0.2) is 59.8 Å². The molecule has 0 bridgehead atoms. The van der Waals surface area contributed by atoms with E-state index in [1.807, 2.05) is 31.2 Å². The number of cyclic esters (lactones) is 1. The molecule has 0 fully saturated rings. The third-order valence-corrected chi connectivity index (χ3v) is 5.47. The molecule has 2 aliphatic rings. The minimum atomic E-state index is -0.719. The second-order valence-corrected chi connectivity index (χ2v) is 7.60. The molecule has 0 radical (unpaired) electrons. The standard InChI is InChI=1S/C22H20ClN3O4/c1-13-6-8-14(9-7-13)10-24-18(27)11-26-17-12-30-21(28)19(17)20(25-22(26)29)15-4-2-3-5-16(15)23/h2-9,20H,10-12H2,1H3,(H,24,27)(H,25,29). The number of carbonyl (C=O) groups excluding carboxylic acids is 3. The Hall–Kier alpha value is -3.32. The van der Waals surface area contributed by atoms with Gasteiger partial charge in [0.1, 0.15) is 13.2 Å². The minimum absolute atomic E-state index is 0.0617. The molecule has 0 saturated heterocycles. The van der Waals surface area contributed by atoms with Gasteiger partial charge in [0.15, 0.2) is 0 Å². The lowest BCUT2D eigenvalue weighted by Gasteiger charge is -2.32. The number of nitrogens with zero attached hydrogens (tertiary/aromatic N) is 1. The average Bonchev–Trinajstić information content (AvgIpc) is 3.11. The number of esters is 1. The summed E-state index contributed by atoms with van der Waals surface area (Å²) in [6, 6.07) is 13.6. The molecular formula is C22H20ClN3O4. The van der Waals surface area contributed by atoms with E-state index in [0.717, 1.165) is 11.1 Å². The number of halogens is 1. The Kier molecular flexibility index (Phi) is 5.46. The number of ether oxygens (including phenoxy) is 1. The molecule has 30 heavy (non-hydrogen) atoms. The Bertz CT molecular complexity index is 1050. The maximum Gasteiger partial charge on any atom is 0.338 e. The molecular weight excluding hydrogens is 406 g/mol. The molecule has 1 atom stereocenters. The largest absolute Gasteiger partial charge is 0.456 e. The van der Waals surface area contributed by atoms with Gasteiger partial charge in [-0.1, -0.05) is 59.6 Å². The quantitative estimate of drug-likeness (QED) is 0.721. The van der Waals surface area contributed by atoms with Crippen molar-refractivity contribution in [2.75, 3.05) is 13.2 Å². The molecule has 2 aromatic rings. The maximum atomic E-state index is 12.8. The Morgan fingerprint density at radius 2 is 1.93 bits per heavy atom. The summed E-state index contributed by atoms with van der Waals surface area (Å²) in [5, 5.41) is 6.00. The number of rotatable bonds is 5. The molecule has 2 N–H and O–H groups in total. The topological polar surface area (TPSA) is 87.7 Å². The summed E-state index contributed by atoms with van der Waals surface area (Å²) in [5.41, 5.74) is 3.37. The van der Waals surface area contributed by atoms with Crippen LogP contribution in [0, 0.1) is 6.92 Å². The van der Waals surface area contributed by atoms with Gasteiger partial charge in [-0.3, -0.25) is 9.69 Å². The lowest BCUT2D eigenvalue weighted by Crippen LogP contribution is -2.50. The van der Waals surface area contributed by atoms with E-state index in [4.69, 9.17) is 16.3 Å². The summed E-state index contributed by atoms with van der Waals surface area (Å²) >= 11 is 6.27. The van der Waals surface area contributed by atoms with Crippen LogP contribution < -0.4 is 10.6 Å². The van der Waals surface area contributed by atoms with Gasteiger partial charge in [0.2, 0.25) is 5.91 Å². The van der Waals surface area contributed by atoms with Crippen LogP contribution in [0.25, 0.3) is 0 Å². The monoisotopic (exact) mass is 425 g/mol. The number of benzene rings is 2. The third kappa shape index (κ3) is 3.89. The molecule has 0 saturated carbocycles. The van der Waals surface area contributed by atoms with Crippen LogP contribution in [-0.4, -0.2) is 36.0 Å². The summed E-state index contributed by atoms with van der Waals surface area (Å²) in [6.45, 7) is 2.05. The highest BCUT2D eigenvalue weighted by atomic mass is 35.5. The zero-order valence-electron chi connectivity index (χ0n) is 16.3. The van der Waals surface area contributed by atoms with E-state index in [1.54, 1.807) is 24.3 Å². The lowest BCUT2D eigenvalue weighted by atomic mass is 9.95. The van der Waals surface area contributed by atoms with Gasteiger partial charge in [-0.15, -0.1) is 0 Å². The normalized spacial score (nSPS) is 18.1. The molecule has 2 aromatic carbocycles. The number of amides is 3. The van der Waals surface area contributed by atoms with Crippen molar-refractivity contribution < 1.29 is 19.1 Å². The van der Waals surface area contributed by atoms with Gasteiger partial charge < -0.3 is 15.4 Å². The molecule has 0 aliphatic carbocycles. The molecule has 3 amide bonds. The molecule has 154 valence electrons. The van der Waals surface area contributed by atoms with Gasteiger partial charge in [-0.2, -0.15) is 0 Å². The summed E-state index contributed by atoms with van der Waals surface area (Å²) < 4.78 is 5.17. The van der Waals surface area contributed by atoms with Crippen molar-refractivity contribution in [3.8, 4) is 0 Å². The fourth-order valence-corrected chi connectivity index (χ4v) is 3.77. The lowest BCUT2D eigenvalue weighted by molar-refractivity contribution is -0.136. The van der Waals surface area contributed by atoms with Gasteiger partial charge in [-0.25, -0.2) is 9.59 Å². The first kappa shape index (κ1) is 20.0. The van der Waals surface area contributed by atoms with E-state index < -0.39 is 18.0 Å². The van der Waals surface area contributed by atoms with Crippen LogP contribution in [0.1, 0.15) is 22.7 Å². The molecule has 8 heteroatoms. The highest BCUT2D eigenvalue weighted by Gasteiger charge is 2.43. The van der Waals surface area contributed by atoms with E-state index in [2.05, 4.69) is 10.6 Å². The van der Waals surface area contributed by atoms with Gasteiger partial charge >= 0.3 is 12.0 Å². The van der Waals surface area contributed by atoms with E-state index in [0.29, 0.717) is 28.4 Å². The molecule has 2 aliphatic heterocycles. The van der Waals surface area contributed by atoms with Crippen LogP contribution in [0.4, 0.5) is 4.79 Å². The number of nitrogens with one attached hydrogen (secondary N) is 2. The van der Waals surface area contributed by atoms with Crippen LogP contribution in [0.2, 0.25) is 5.02 Å². The summed E-state index contributed by atoms with van der Waals surface area (Å²) in [5.74, 6) is -0.867. The predicted molar refractivity (Wildman–Crippen MR) is 110 cm³/mol. The maximum absolute atomic E-state index is 12.8. The fourth-order valence-electron chi connectivity index (χ4n) is 3.53. The summed E-state index contributed by atoms with van der Waals surface area (Å²) in [7, 11) is 0. The minimum Gasteiger partial charge on any atom is -0.456 e. The van der Waals surface area contributed by atoms with Crippen molar-refractivity contribution in [3.05, 3.63) is 81.5 Å². The van der Waals surface area contributed by atoms with Crippen molar-refractivity contribution in [1.82, 2.24) is 15.5 Å². The number of hydrogen-bond donors (Lipinski definition) is 2. The highest BCUT2D eigenvalue weighted by molar-refractivity contribution is 6.31. The fraction of sp³-hybridized carbons (Fsp3) is 0.227. The van der Waals surface area contributed by atoms with Crippen molar-refractivity contribution >= 4 is 29.5 Å². The van der Waals surface area contributed by atoms with Gasteiger partial charge in [0.05, 0.1) is 17.3 Å². The molecule has 4 rings (SSSR count). The van der Waals surface area contributed by atoms with E-state index >= 15 is 0 Å². The van der Waals surface area contributed by atoms with Crippen LogP contribution in [0.5, 0.6) is 0 Å². The van der Waals surface area contributed by atoms with Crippen LogP contribution in [0.3, 0.4) is 0 Å². The Morgan fingerprint density at radius 1 is 1.20 bits per heavy atom. The Labute approximate surface area is 178 Å². The second kappa shape index (κ2) is 8.20. The molecule has 2 heterocycles. The molecule has 0 spiro atoms. The molecule has 1 unspecified atom stereocenters. The number of urea groups is 1. The zero-order valence-corrected chi connectivity index (χ0v) is 17.0. The first-order chi connectivity index (χ1) is 14.4. The Balaban J connectivity index is 1.52. The zero-order chi connectivity index (χ0) is 21.3. The molecule has 0 aromatic heterocycles. The highest BCUT2D eigenvalue weighted by Crippen LogP contribution is 2.37. The summed E-state index contributed by atoms with van der Waals surface area (Å²) in [6.07, 6.45) is 0. The number of hydrogen-bond acceptors (Lipinski definition) is 4. The van der Waals surface area contributed by atoms with Crippen molar-refractivity contribution in [3.63, 3.8) is 0 Å². The first-order valence-corrected chi connectivity index (χ1v) is 9.86. The van der Waals surface area contributed by atoms with E-state index in [1.165, 1.54) is 4.90 Å². The van der Waals surface area contributed by atoms with Crippen LogP contribution in [-0.2, 0) is 20.9 Å². The Morgan fingerprint density at radius 3 is 2.67 bits per heavy atom. The van der Waals surface area contributed by atoms with Crippen LogP contribution >= 0.6 is 11.6 Å². The van der Waals surface area contributed by atoms with Gasteiger partial charge in [0, 0.05) is 11.6 Å². The number of aryl methyl sites for hydroxylation is 1. The van der Waals surface area contributed by atoms with Crippen molar-refractivity contribution in [1.29, 1.82) is 0 Å². The van der Waals surface area contributed by atoms with E-state index in [9.17, 15) is 14.4 Å². The van der Waals surface area contributed by atoms with E-state index in [-0.39, 0.29) is 19.1 Å². The smallest absolute Gasteiger partial charge is 0.338 e. The SMILES string of the molecule is Cc1ccc(CNC(=O)CN2C(=O)NC(c3ccccc3Cl)C3=C2COC3=O)cc1. The third-order valence-electron chi connectivity index (χ3n) is 5.13. The predicted octanol–water partition coefficient (Wildman–Crippen LogP) is 2.84. The van der Waals surface area contributed by atoms with Gasteiger partial charge in [-0.05, 0) is 24.1 Å². The van der Waals surface area contributed by atoms with Crippen molar-refractivity contribution in [2.24, 2.45) is 0 Å². The second-order valence-electron chi connectivity index (χ2n) is 7.19. The first-order valence-electron chi connectivity index (χ1n) is 9.49. The molecule has 7 nitrogen and oxygen atoms in total. The summed E-state index contributed by atoms with van der Waals surface area (Å²) in [4.78, 5) is 38.9. The average molecular weight is 426 g/mol.